The number of rotatable bonds is 2. The fraction of sp³-hybridized carbons (Fsp3) is 0.308. The van der Waals surface area contributed by atoms with Crippen molar-refractivity contribution < 1.29 is 8.81 Å². The Labute approximate surface area is 98.7 Å². The van der Waals surface area contributed by atoms with Crippen LogP contribution in [0.15, 0.2) is 34.9 Å². The van der Waals surface area contributed by atoms with E-state index in [0.717, 1.165) is 31.0 Å². The molecular weight excluding hydrogens is 219 g/mol. The van der Waals surface area contributed by atoms with Gasteiger partial charge in [-0.15, -0.1) is 0 Å². The topological polar surface area (TPSA) is 38.1 Å². The van der Waals surface area contributed by atoms with Crippen LogP contribution in [0.5, 0.6) is 0 Å². The summed E-state index contributed by atoms with van der Waals surface area (Å²) < 4.78 is 18.6. The van der Waals surface area contributed by atoms with Crippen LogP contribution in [0.4, 0.5) is 4.39 Å². The van der Waals surface area contributed by atoms with E-state index in [1.165, 1.54) is 12.1 Å². The number of benzene rings is 1. The molecule has 1 aromatic carbocycles. The van der Waals surface area contributed by atoms with Crippen LogP contribution in [0.3, 0.4) is 0 Å². The monoisotopic (exact) mass is 232 g/mol. The predicted octanol–water partition coefficient (Wildman–Crippen LogP) is 2.56. The van der Waals surface area contributed by atoms with Crippen LogP contribution in [0, 0.1) is 5.82 Å². The first-order valence-electron chi connectivity index (χ1n) is 5.75. The standard InChI is InChI=1S/C13H13FN2O/c14-11-3-1-2-9(6-11)12-8-17-13(16-12)10-4-5-15-7-10/h1-3,6,8,10,15H,4-5,7H2. The number of nitrogens with one attached hydrogen (secondary N) is 1. The Hall–Kier alpha value is -1.68. The Kier molecular flexibility index (Phi) is 2.65. The van der Waals surface area contributed by atoms with E-state index in [1.807, 2.05) is 6.07 Å². The third kappa shape index (κ3) is 2.08. The summed E-state index contributed by atoms with van der Waals surface area (Å²) in [5.41, 5.74) is 1.46. The fourth-order valence-electron chi connectivity index (χ4n) is 2.12. The van der Waals surface area contributed by atoms with Gasteiger partial charge in [-0.3, -0.25) is 0 Å². The Morgan fingerprint density at radius 2 is 2.35 bits per heavy atom. The minimum atomic E-state index is -0.255. The summed E-state index contributed by atoms with van der Waals surface area (Å²) in [5.74, 6) is 0.834. The molecule has 3 nitrogen and oxygen atoms in total. The van der Waals surface area contributed by atoms with E-state index in [1.54, 1.807) is 12.3 Å². The molecule has 17 heavy (non-hydrogen) atoms. The molecule has 1 saturated heterocycles. The van der Waals surface area contributed by atoms with Gasteiger partial charge in [0.1, 0.15) is 17.8 Å². The SMILES string of the molecule is Fc1cccc(-c2coc(C3CCNC3)n2)c1. The average Bonchev–Trinajstić information content (AvgIpc) is 3.00. The first-order valence-corrected chi connectivity index (χ1v) is 5.75. The third-order valence-corrected chi connectivity index (χ3v) is 3.05. The first kappa shape index (κ1) is 10.5. The van der Waals surface area contributed by atoms with Crippen molar-refractivity contribution >= 4 is 0 Å². The molecular formula is C13H13FN2O. The lowest BCUT2D eigenvalue weighted by Crippen LogP contribution is -2.08. The van der Waals surface area contributed by atoms with E-state index >= 15 is 0 Å². The highest BCUT2D eigenvalue weighted by molar-refractivity contribution is 5.57. The lowest BCUT2D eigenvalue weighted by atomic mass is 10.1. The summed E-state index contributed by atoms with van der Waals surface area (Å²) in [4.78, 5) is 4.43. The van der Waals surface area contributed by atoms with E-state index in [-0.39, 0.29) is 5.82 Å². The van der Waals surface area contributed by atoms with Crippen LogP contribution in [0.1, 0.15) is 18.2 Å². The molecule has 1 N–H and O–H groups in total. The smallest absolute Gasteiger partial charge is 0.199 e. The van der Waals surface area contributed by atoms with Gasteiger partial charge in [0.15, 0.2) is 5.89 Å². The van der Waals surface area contributed by atoms with Crippen LogP contribution in [0.25, 0.3) is 11.3 Å². The molecule has 1 aliphatic heterocycles. The van der Waals surface area contributed by atoms with E-state index in [0.29, 0.717) is 11.6 Å². The molecule has 1 unspecified atom stereocenters. The molecule has 2 heterocycles. The highest BCUT2D eigenvalue weighted by Gasteiger charge is 2.21. The molecule has 88 valence electrons. The van der Waals surface area contributed by atoms with E-state index in [2.05, 4.69) is 10.3 Å². The van der Waals surface area contributed by atoms with Gasteiger partial charge in [0.25, 0.3) is 0 Å². The third-order valence-electron chi connectivity index (χ3n) is 3.05. The predicted molar refractivity (Wildman–Crippen MR) is 62.1 cm³/mol. The van der Waals surface area contributed by atoms with Crippen LogP contribution in [-0.4, -0.2) is 18.1 Å². The molecule has 4 heteroatoms. The molecule has 2 aromatic rings. The minimum absolute atomic E-state index is 0.255. The highest BCUT2D eigenvalue weighted by Crippen LogP contribution is 2.25. The summed E-state index contributed by atoms with van der Waals surface area (Å²) in [6, 6.07) is 6.40. The van der Waals surface area contributed by atoms with Gasteiger partial charge in [-0.2, -0.15) is 0 Å². The molecule has 0 bridgehead atoms. The van der Waals surface area contributed by atoms with Crippen molar-refractivity contribution in [2.75, 3.05) is 13.1 Å². The zero-order chi connectivity index (χ0) is 11.7. The Morgan fingerprint density at radius 3 is 3.12 bits per heavy atom. The molecule has 1 aromatic heterocycles. The summed E-state index contributed by atoms with van der Waals surface area (Å²) in [6.45, 7) is 1.91. The van der Waals surface area contributed by atoms with Gasteiger partial charge in [0.05, 0.1) is 0 Å². The van der Waals surface area contributed by atoms with Gasteiger partial charge in [-0.25, -0.2) is 9.37 Å². The molecule has 1 atom stereocenters. The van der Waals surface area contributed by atoms with E-state index < -0.39 is 0 Å². The second-order valence-electron chi connectivity index (χ2n) is 4.27. The average molecular weight is 232 g/mol. The molecule has 0 spiro atoms. The number of nitrogens with zero attached hydrogens (tertiary/aromatic N) is 1. The highest BCUT2D eigenvalue weighted by atomic mass is 19.1. The van der Waals surface area contributed by atoms with Crippen LogP contribution in [-0.2, 0) is 0 Å². The quantitative estimate of drug-likeness (QED) is 0.864. The summed E-state index contributed by atoms with van der Waals surface area (Å²) in [7, 11) is 0. The maximum atomic E-state index is 13.1. The first-order chi connectivity index (χ1) is 8.33. The Balaban J connectivity index is 1.89. The number of aromatic nitrogens is 1. The normalized spacial score (nSPS) is 19.7. The molecule has 1 fully saturated rings. The maximum Gasteiger partial charge on any atom is 0.199 e. The molecule has 0 saturated carbocycles. The van der Waals surface area contributed by atoms with Gasteiger partial charge in [0.2, 0.25) is 0 Å². The minimum Gasteiger partial charge on any atom is -0.448 e. The number of halogens is 1. The lowest BCUT2D eigenvalue weighted by molar-refractivity contribution is 0.457. The van der Waals surface area contributed by atoms with Crippen molar-refractivity contribution in [1.82, 2.24) is 10.3 Å². The van der Waals surface area contributed by atoms with Crippen LogP contribution < -0.4 is 5.32 Å². The van der Waals surface area contributed by atoms with Gasteiger partial charge in [-0.05, 0) is 25.1 Å². The summed E-state index contributed by atoms with van der Waals surface area (Å²) in [6.07, 6.45) is 2.64. The number of hydrogen-bond acceptors (Lipinski definition) is 3. The Bertz CT molecular complexity index is 518. The van der Waals surface area contributed by atoms with Crippen molar-refractivity contribution in [3.8, 4) is 11.3 Å². The number of oxazole rings is 1. The van der Waals surface area contributed by atoms with Crippen molar-refractivity contribution in [3.63, 3.8) is 0 Å². The van der Waals surface area contributed by atoms with Crippen molar-refractivity contribution in [2.45, 2.75) is 12.3 Å². The zero-order valence-corrected chi connectivity index (χ0v) is 9.32. The second kappa shape index (κ2) is 4.30. The van der Waals surface area contributed by atoms with Crippen molar-refractivity contribution in [1.29, 1.82) is 0 Å². The summed E-state index contributed by atoms with van der Waals surface area (Å²) in [5, 5.41) is 3.27. The lowest BCUT2D eigenvalue weighted by Gasteiger charge is -2.00. The van der Waals surface area contributed by atoms with Gasteiger partial charge in [-0.1, -0.05) is 12.1 Å². The Morgan fingerprint density at radius 1 is 1.41 bits per heavy atom. The van der Waals surface area contributed by atoms with Crippen molar-refractivity contribution in [2.24, 2.45) is 0 Å². The maximum absolute atomic E-state index is 13.1. The van der Waals surface area contributed by atoms with Crippen molar-refractivity contribution in [3.05, 3.63) is 42.2 Å². The molecule has 1 aliphatic rings. The second-order valence-corrected chi connectivity index (χ2v) is 4.27. The summed E-state index contributed by atoms with van der Waals surface area (Å²) >= 11 is 0. The van der Waals surface area contributed by atoms with Gasteiger partial charge >= 0.3 is 0 Å². The zero-order valence-electron chi connectivity index (χ0n) is 9.32. The van der Waals surface area contributed by atoms with Crippen LogP contribution >= 0.6 is 0 Å². The van der Waals surface area contributed by atoms with Gasteiger partial charge in [0, 0.05) is 18.0 Å². The fourth-order valence-corrected chi connectivity index (χ4v) is 2.12. The van der Waals surface area contributed by atoms with Gasteiger partial charge < -0.3 is 9.73 Å². The van der Waals surface area contributed by atoms with E-state index in [4.69, 9.17) is 4.42 Å². The molecule has 3 rings (SSSR count). The molecule has 0 aliphatic carbocycles. The molecule has 0 amide bonds. The number of hydrogen-bond donors (Lipinski definition) is 1. The van der Waals surface area contributed by atoms with Crippen LogP contribution in [0.2, 0.25) is 0 Å². The van der Waals surface area contributed by atoms with E-state index in [9.17, 15) is 4.39 Å². The largest absolute Gasteiger partial charge is 0.448 e. The molecule has 0 radical (unpaired) electrons.